The molecule has 0 spiro atoms. The largest absolute Gasteiger partial charge is 0.262 e. The first-order valence-corrected chi connectivity index (χ1v) is 12.0. The predicted molar refractivity (Wildman–Crippen MR) is 137 cm³/mol. The maximum absolute atomic E-state index is 3.98. The van der Waals surface area contributed by atoms with Crippen LogP contribution in [0.15, 0.2) is 115 Å². The van der Waals surface area contributed by atoms with Gasteiger partial charge in [0.2, 0.25) is 0 Å². The van der Waals surface area contributed by atoms with E-state index in [4.69, 9.17) is 0 Å². The molecule has 0 saturated heterocycles. The van der Waals surface area contributed by atoms with E-state index in [9.17, 15) is 0 Å². The van der Waals surface area contributed by atoms with Gasteiger partial charge in [-0.15, -0.1) is 0 Å². The van der Waals surface area contributed by atoms with Crippen molar-refractivity contribution in [3.05, 3.63) is 121 Å². The van der Waals surface area contributed by atoms with Crippen LogP contribution < -0.4 is 15.9 Å². The van der Waals surface area contributed by atoms with Crippen LogP contribution in [0.3, 0.4) is 0 Å². The summed E-state index contributed by atoms with van der Waals surface area (Å²) >= 11 is 0. The number of aromatic nitrogens is 1. The average Bonchev–Trinajstić information content (AvgIpc) is 2.85. The summed E-state index contributed by atoms with van der Waals surface area (Å²) in [6.07, 6.45) is 1.79. The van der Waals surface area contributed by atoms with Gasteiger partial charge in [0.1, 0.15) is 0 Å². The highest BCUT2D eigenvalue weighted by molar-refractivity contribution is 7.79. The summed E-state index contributed by atoms with van der Waals surface area (Å²) in [6.45, 7) is 9.97. The first-order chi connectivity index (χ1) is 14.8. The summed E-state index contributed by atoms with van der Waals surface area (Å²) in [4.78, 5) is 3.98. The Balaban J connectivity index is 0.000000343. The van der Waals surface area contributed by atoms with Gasteiger partial charge in [-0.3, -0.25) is 4.98 Å². The minimum atomic E-state index is -0.446. The molecule has 0 saturated carbocycles. The second kappa shape index (κ2) is 16.1. The number of benzene rings is 3. The Bertz CT molecular complexity index is 785. The second-order valence-electron chi connectivity index (χ2n) is 5.81. The molecule has 1 aromatic heterocycles. The number of nitrogens with zero attached hydrogens (tertiary/aromatic N) is 1. The minimum absolute atomic E-state index is 0.446. The van der Waals surface area contributed by atoms with Crippen LogP contribution in [0.4, 0.5) is 0 Å². The standard InChI is InChI=1S/C18H15P.C6H7N.2C2H6/c1-4-10-16(11-5-1)19(17-12-6-2-7-13-17)18-14-8-3-9-15-18;1-6-4-2-3-5-7-6;2*1-2/h1-15H;2-5H,1H3;2*1-2H3. The van der Waals surface area contributed by atoms with E-state index < -0.39 is 7.92 Å². The fourth-order valence-electron chi connectivity index (χ4n) is 2.63. The lowest BCUT2D eigenvalue weighted by Crippen LogP contribution is -2.20. The summed E-state index contributed by atoms with van der Waals surface area (Å²) < 4.78 is 0. The Hall–Kier alpha value is -2.76. The SMILES string of the molecule is CC.CC.Cc1ccccn1.c1ccc(P(c2ccccc2)c2ccccc2)cc1. The molecule has 1 heterocycles. The molecule has 0 fully saturated rings. The number of hydrogen-bond donors (Lipinski definition) is 0. The van der Waals surface area contributed by atoms with Crippen LogP contribution in [0, 0.1) is 6.92 Å². The maximum atomic E-state index is 3.98. The van der Waals surface area contributed by atoms with Crippen molar-refractivity contribution in [1.82, 2.24) is 4.98 Å². The number of hydrogen-bond acceptors (Lipinski definition) is 1. The fraction of sp³-hybridized carbons (Fsp3) is 0.179. The Labute approximate surface area is 184 Å². The first-order valence-electron chi connectivity index (χ1n) is 10.7. The summed E-state index contributed by atoms with van der Waals surface area (Å²) in [6, 6.07) is 38.2. The average molecular weight is 416 g/mol. The molecule has 0 radical (unpaired) electrons. The molecule has 0 aliphatic carbocycles. The van der Waals surface area contributed by atoms with Crippen molar-refractivity contribution in [2.45, 2.75) is 34.6 Å². The lowest BCUT2D eigenvalue weighted by atomic mass is 10.4. The Kier molecular flexibility index (Phi) is 13.6. The van der Waals surface area contributed by atoms with E-state index in [2.05, 4.69) is 96.0 Å². The van der Waals surface area contributed by atoms with Gasteiger partial charge in [0.05, 0.1) is 0 Å². The summed E-state index contributed by atoms with van der Waals surface area (Å²) in [7, 11) is -0.446. The fourth-order valence-corrected chi connectivity index (χ4v) is 4.93. The highest BCUT2D eigenvalue weighted by Crippen LogP contribution is 2.32. The highest BCUT2D eigenvalue weighted by Gasteiger charge is 2.14. The van der Waals surface area contributed by atoms with E-state index >= 15 is 0 Å². The molecule has 0 amide bonds. The van der Waals surface area contributed by atoms with Crippen molar-refractivity contribution >= 4 is 23.8 Å². The molecule has 4 rings (SSSR count). The molecule has 0 atom stereocenters. The zero-order valence-corrected chi connectivity index (χ0v) is 19.8. The van der Waals surface area contributed by atoms with Gasteiger partial charge >= 0.3 is 0 Å². The molecular formula is C28H34NP. The van der Waals surface area contributed by atoms with Gasteiger partial charge in [0.15, 0.2) is 0 Å². The first kappa shape index (κ1) is 25.3. The smallest absolute Gasteiger partial charge is 0.0372 e. The summed E-state index contributed by atoms with van der Waals surface area (Å²) in [5, 5.41) is 4.19. The third-order valence-electron chi connectivity index (χ3n) is 3.86. The molecule has 4 aromatic rings. The van der Waals surface area contributed by atoms with Crippen molar-refractivity contribution < 1.29 is 0 Å². The van der Waals surface area contributed by atoms with E-state index in [-0.39, 0.29) is 0 Å². The monoisotopic (exact) mass is 415 g/mol. The third kappa shape index (κ3) is 8.72. The maximum Gasteiger partial charge on any atom is 0.0372 e. The summed E-state index contributed by atoms with van der Waals surface area (Å²) in [5.41, 5.74) is 1.07. The molecule has 0 aliphatic rings. The van der Waals surface area contributed by atoms with Crippen LogP contribution >= 0.6 is 7.92 Å². The molecular weight excluding hydrogens is 381 g/mol. The Morgan fingerprint density at radius 1 is 0.467 bits per heavy atom. The Morgan fingerprint density at radius 3 is 1.03 bits per heavy atom. The van der Waals surface area contributed by atoms with Gasteiger partial charge in [0, 0.05) is 11.9 Å². The zero-order chi connectivity index (χ0) is 22.0. The van der Waals surface area contributed by atoms with E-state index in [0.717, 1.165) is 5.69 Å². The van der Waals surface area contributed by atoms with E-state index in [0.29, 0.717) is 0 Å². The van der Waals surface area contributed by atoms with Crippen LogP contribution in [0.25, 0.3) is 0 Å². The topological polar surface area (TPSA) is 12.9 Å². The Morgan fingerprint density at radius 2 is 0.800 bits per heavy atom. The van der Waals surface area contributed by atoms with Crippen LogP contribution in [0.5, 0.6) is 0 Å². The minimum Gasteiger partial charge on any atom is -0.262 e. The van der Waals surface area contributed by atoms with Crippen molar-refractivity contribution in [2.75, 3.05) is 0 Å². The van der Waals surface area contributed by atoms with Crippen molar-refractivity contribution in [3.8, 4) is 0 Å². The van der Waals surface area contributed by atoms with Gasteiger partial charge in [-0.05, 0) is 42.9 Å². The van der Waals surface area contributed by atoms with Crippen molar-refractivity contribution in [2.24, 2.45) is 0 Å². The molecule has 156 valence electrons. The number of pyridine rings is 1. The molecule has 0 N–H and O–H groups in total. The lowest BCUT2D eigenvalue weighted by molar-refractivity contribution is 1.20. The van der Waals surface area contributed by atoms with Gasteiger partial charge in [-0.25, -0.2) is 0 Å². The lowest BCUT2D eigenvalue weighted by Gasteiger charge is -2.18. The van der Waals surface area contributed by atoms with E-state index in [1.807, 2.05) is 52.8 Å². The van der Waals surface area contributed by atoms with Crippen LogP contribution in [-0.2, 0) is 0 Å². The zero-order valence-electron chi connectivity index (χ0n) is 18.9. The molecule has 0 bridgehead atoms. The van der Waals surface area contributed by atoms with Crippen LogP contribution in [-0.4, -0.2) is 4.98 Å². The van der Waals surface area contributed by atoms with Crippen molar-refractivity contribution in [1.29, 1.82) is 0 Å². The molecule has 0 unspecified atom stereocenters. The van der Waals surface area contributed by atoms with Crippen molar-refractivity contribution in [3.63, 3.8) is 0 Å². The van der Waals surface area contributed by atoms with E-state index in [1.165, 1.54) is 15.9 Å². The molecule has 3 aromatic carbocycles. The van der Waals surface area contributed by atoms with Crippen LogP contribution in [0.1, 0.15) is 33.4 Å². The van der Waals surface area contributed by atoms with Gasteiger partial charge in [-0.2, -0.15) is 0 Å². The van der Waals surface area contributed by atoms with Crippen LogP contribution in [0.2, 0.25) is 0 Å². The predicted octanol–water partition coefficient (Wildman–Crippen LogP) is 6.89. The van der Waals surface area contributed by atoms with Gasteiger partial charge in [-0.1, -0.05) is 125 Å². The van der Waals surface area contributed by atoms with E-state index in [1.54, 1.807) is 6.20 Å². The number of rotatable bonds is 3. The second-order valence-corrected chi connectivity index (χ2v) is 8.03. The molecule has 2 heteroatoms. The normalized spacial score (nSPS) is 9.13. The molecule has 0 aliphatic heterocycles. The quantitative estimate of drug-likeness (QED) is 0.332. The molecule has 1 nitrogen and oxygen atoms in total. The molecule has 30 heavy (non-hydrogen) atoms. The summed E-state index contributed by atoms with van der Waals surface area (Å²) in [5.74, 6) is 0. The van der Waals surface area contributed by atoms with Gasteiger partial charge in [0.25, 0.3) is 0 Å². The number of aryl methyl sites for hydroxylation is 1. The highest BCUT2D eigenvalue weighted by atomic mass is 31.1. The third-order valence-corrected chi connectivity index (χ3v) is 6.30. The van der Waals surface area contributed by atoms with Gasteiger partial charge < -0.3 is 0 Å².